The zero-order valence-electron chi connectivity index (χ0n) is 14.6. The van der Waals surface area contributed by atoms with Crippen LogP contribution in [-0.4, -0.2) is 16.7 Å². The molecular formula is C21H14N2O5. The van der Waals surface area contributed by atoms with Gasteiger partial charge in [-0.2, -0.15) is 0 Å². The van der Waals surface area contributed by atoms with Gasteiger partial charge in [0.2, 0.25) is 0 Å². The van der Waals surface area contributed by atoms with Gasteiger partial charge in [-0.05, 0) is 35.9 Å². The predicted octanol–water partition coefficient (Wildman–Crippen LogP) is 3.97. The molecule has 0 aliphatic carbocycles. The largest absolute Gasteiger partial charge is 0.489 e. The van der Waals surface area contributed by atoms with Crippen LogP contribution >= 0.6 is 0 Å². The van der Waals surface area contributed by atoms with Crippen molar-refractivity contribution in [1.82, 2.24) is 0 Å². The fourth-order valence-corrected chi connectivity index (χ4v) is 3.09. The fraction of sp³-hybridized carbons (Fsp3) is 0.0476. The first-order valence-electron chi connectivity index (χ1n) is 8.49. The van der Waals surface area contributed by atoms with Gasteiger partial charge in [-0.1, -0.05) is 36.4 Å². The Morgan fingerprint density at radius 1 is 0.857 bits per heavy atom. The fourth-order valence-electron chi connectivity index (χ4n) is 3.09. The van der Waals surface area contributed by atoms with E-state index in [-0.39, 0.29) is 16.8 Å². The molecule has 1 aliphatic heterocycles. The van der Waals surface area contributed by atoms with Gasteiger partial charge in [-0.25, -0.2) is 4.90 Å². The maximum atomic E-state index is 12.7. The Labute approximate surface area is 159 Å². The van der Waals surface area contributed by atoms with Gasteiger partial charge in [0.1, 0.15) is 17.9 Å². The van der Waals surface area contributed by atoms with Gasteiger partial charge in [0.25, 0.3) is 17.5 Å². The zero-order valence-corrected chi connectivity index (χ0v) is 14.6. The molecule has 3 aromatic rings. The summed E-state index contributed by atoms with van der Waals surface area (Å²) in [7, 11) is 0. The molecule has 0 atom stereocenters. The Bertz CT molecular complexity index is 1080. The van der Waals surface area contributed by atoms with E-state index in [9.17, 15) is 19.7 Å². The van der Waals surface area contributed by atoms with Crippen molar-refractivity contribution >= 4 is 23.2 Å². The molecule has 7 heteroatoms. The average Bonchev–Trinajstić information content (AvgIpc) is 2.98. The minimum Gasteiger partial charge on any atom is -0.489 e. The first-order chi connectivity index (χ1) is 13.6. The van der Waals surface area contributed by atoms with Gasteiger partial charge >= 0.3 is 0 Å². The number of hydrogen-bond donors (Lipinski definition) is 0. The minimum atomic E-state index is -0.703. The highest BCUT2D eigenvalue weighted by Crippen LogP contribution is 2.34. The Morgan fingerprint density at radius 2 is 1.57 bits per heavy atom. The number of benzene rings is 3. The van der Waals surface area contributed by atoms with Gasteiger partial charge in [0.15, 0.2) is 0 Å². The van der Waals surface area contributed by atoms with Gasteiger partial charge < -0.3 is 4.74 Å². The highest BCUT2D eigenvalue weighted by Gasteiger charge is 2.41. The van der Waals surface area contributed by atoms with Crippen molar-refractivity contribution in [3.8, 4) is 5.75 Å². The number of amides is 2. The normalized spacial score (nSPS) is 12.8. The molecule has 1 aliphatic rings. The molecular weight excluding hydrogens is 360 g/mol. The second-order valence-electron chi connectivity index (χ2n) is 6.17. The van der Waals surface area contributed by atoms with Gasteiger partial charge in [0, 0.05) is 6.07 Å². The van der Waals surface area contributed by atoms with Gasteiger partial charge in [-0.3, -0.25) is 19.7 Å². The third kappa shape index (κ3) is 2.99. The van der Waals surface area contributed by atoms with Crippen LogP contribution < -0.4 is 9.64 Å². The third-order valence-electron chi connectivity index (χ3n) is 4.43. The lowest BCUT2D eigenvalue weighted by molar-refractivity contribution is -0.385. The van der Waals surface area contributed by atoms with E-state index in [1.807, 2.05) is 30.3 Å². The summed E-state index contributed by atoms with van der Waals surface area (Å²) >= 11 is 0. The van der Waals surface area contributed by atoms with Gasteiger partial charge in [-0.15, -0.1) is 0 Å². The molecule has 7 nitrogen and oxygen atoms in total. The van der Waals surface area contributed by atoms with E-state index in [1.165, 1.54) is 18.2 Å². The van der Waals surface area contributed by atoms with E-state index in [1.54, 1.807) is 24.3 Å². The summed E-state index contributed by atoms with van der Waals surface area (Å²) in [4.78, 5) is 36.8. The molecule has 3 aromatic carbocycles. The summed E-state index contributed by atoms with van der Waals surface area (Å²) in [6, 6.07) is 20.1. The summed E-state index contributed by atoms with van der Waals surface area (Å²) in [5.74, 6) is -0.706. The van der Waals surface area contributed by atoms with Crippen molar-refractivity contribution in [3.63, 3.8) is 0 Å². The van der Waals surface area contributed by atoms with Gasteiger partial charge in [0.05, 0.1) is 16.2 Å². The molecule has 2 amide bonds. The summed E-state index contributed by atoms with van der Waals surface area (Å²) < 4.78 is 5.70. The number of fused-ring (bicyclic) bond motifs is 1. The lowest BCUT2D eigenvalue weighted by Crippen LogP contribution is -2.29. The lowest BCUT2D eigenvalue weighted by Gasteiger charge is -2.14. The van der Waals surface area contributed by atoms with E-state index in [0.29, 0.717) is 18.0 Å². The number of nitro benzene ring substituents is 1. The second-order valence-corrected chi connectivity index (χ2v) is 6.17. The highest BCUT2D eigenvalue weighted by molar-refractivity contribution is 6.35. The van der Waals surface area contributed by atoms with Crippen LogP contribution in [0.25, 0.3) is 0 Å². The highest BCUT2D eigenvalue weighted by atomic mass is 16.6. The van der Waals surface area contributed by atoms with Crippen LogP contribution in [0.5, 0.6) is 5.75 Å². The number of carbonyl (C=O) groups excluding carboxylic acids is 2. The van der Waals surface area contributed by atoms with E-state index >= 15 is 0 Å². The molecule has 0 saturated carbocycles. The van der Waals surface area contributed by atoms with Crippen molar-refractivity contribution in [2.75, 3.05) is 4.90 Å². The standard InChI is InChI=1S/C21H14N2O5/c24-20-17-7-4-8-18(23(26)27)19(17)21(25)22(20)15-9-11-16(12-10-15)28-13-14-5-2-1-3-6-14/h1-12H,13H2. The Morgan fingerprint density at radius 3 is 2.25 bits per heavy atom. The molecule has 138 valence electrons. The number of nitro groups is 1. The lowest BCUT2D eigenvalue weighted by atomic mass is 10.1. The number of imide groups is 1. The summed E-state index contributed by atoms with van der Waals surface area (Å²) in [5, 5.41) is 11.2. The predicted molar refractivity (Wildman–Crippen MR) is 101 cm³/mol. The van der Waals surface area contributed by atoms with Crippen molar-refractivity contribution in [2.45, 2.75) is 6.61 Å². The molecule has 0 spiro atoms. The smallest absolute Gasteiger partial charge is 0.283 e. The Balaban J connectivity index is 1.56. The molecule has 1 heterocycles. The number of ether oxygens (including phenoxy) is 1. The topological polar surface area (TPSA) is 89.8 Å². The quantitative estimate of drug-likeness (QED) is 0.383. The van der Waals surface area contributed by atoms with Crippen molar-refractivity contribution in [2.24, 2.45) is 0 Å². The van der Waals surface area contributed by atoms with Crippen LogP contribution in [-0.2, 0) is 6.61 Å². The van der Waals surface area contributed by atoms with E-state index in [4.69, 9.17) is 4.74 Å². The number of rotatable bonds is 5. The summed E-state index contributed by atoms with van der Waals surface area (Å²) in [6.45, 7) is 0.388. The van der Waals surface area contributed by atoms with Crippen LogP contribution in [0.3, 0.4) is 0 Å². The number of nitrogens with zero attached hydrogens (tertiary/aromatic N) is 2. The third-order valence-corrected chi connectivity index (χ3v) is 4.43. The molecule has 4 rings (SSSR count). The summed E-state index contributed by atoms with van der Waals surface area (Å²) in [6.07, 6.45) is 0. The maximum absolute atomic E-state index is 12.7. The van der Waals surface area contributed by atoms with Crippen molar-refractivity contribution in [1.29, 1.82) is 0 Å². The average molecular weight is 374 g/mol. The van der Waals surface area contributed by atoms with E-state index in [0.717, 1.165) is 10.5 Å². The molecule has 0 N–H and O–H groups in total. The van der Waals surface area contributed by atoms with E-state index in [2.05, 4.69) is 0 Å². The summed E-state index contributed by atoms with van der Waals surface area (Å²) in [5.41, 5.74) is 0.818. The molecule has 0 unspecified atom stereocenters. The number of hydrogen-bond acceptors (Lipinski definition) is 5. The van der Waals surface area contributed by atoms with E-state index < -0.39 is 16.7 Å². The van der Waals surface area contributed by atoms with Crippen LogP contribution in [0.4, 0.5) is 11.4 Å². The van der Waals surface area contributed by atoms with Crippen LogP contribution in [0.1, 0.15) is 26.3 Å². The molecule has 0 aromatic heterocycles. The molecule has 0 bridgehead atoms. The van der Waals surface area contributed by atoms with Crippen LogP contribution in [0.15, 0.2) is 72.8 Å². The second kappa shape index (κ2) is 6.96. The first-order valence-corrected chi connectivity index (χ1v) is 8.49. The van der Waals surface area contributed by atoms with Crippen LogP contribution in [0, 0.1) is 10.1 Å². The van der Waals surface area contributed by atoms with Crippen molar-refractivity contribution < 1.29 is 19.2 Å². The molecule has 0 fully saturated rings. The maximum Gasteiger partial charge on any atom is 0.283 e. The Kier molecular flexibility index (Phi) is 4.33. The van der Waals surface area contributed by atoms with Crippen molar-refractivity contribution in [3.05, 3.63) is 99.6 Å². The molecule has 0 saturated heterocycles. The Hall–Kier alpha value is -4.00. The van der Waals surface area contributed by atoms with Crippen LogP contribution in [0.2, 0.25) is 0 Å². The molecule has 28 heavy (non-hydrogen) atoms. The number of anilines is 1. The minimum absolute atomic E-state index is 0.0311. The number of carbonyl (C=O) groups is 2. The first kappa shape index (κ1) is 17.4. The zero-order chi connectivity index (χ0) is 19.7. The SMILES string of the molecule is O=C1c2cccc([N+](=O)[O-])c2C(=O)N1c1ccc(OCc2ccccc2)cc1. The molecule has 0 radical (unpaired) electrons. The monoisotopic (exact) mass is 374 g/mol.